The lowest BCUT2D eigenvalue weighted by Gasteiger charge is -2.14. The van der Waals surface area contributed by atoms with E-state index in [2.05, 4.69) is 11.1 Å². The first-order valence-corrected chi connectivity index (χ1v) is 9.18. The van der Waals surface area contributed by atoms with Gasteiger partial charge in [0.1, 0.15) is 0 Å². The first-order valence-electron chi connectivity index (χ1n) is 9.18. The van der Waals surface area contributed by atoms with Crippen molar-refractivity contribution in [1.29, 1.82) is 0 Å². The maximum absolute atomic E-state index is 13.1. The molecule has 28 heavy (non-hydrogen) atoms. The van der Waals surface area contributed by atoms with Gasteiger partial charge in [0.2, 0.25) is 5.43 Å². The maximum atomic E-state index is 13.1. The molecule has 4 rings (SSSR count). The third-order valence-corrected chi connectivity index (χ3v) is 4.83. The maximum Gasteiger partial charge on any atom is 0.200 e. The van der Waals surface area contributed by atoms with Crippen molar-refractivity contribution in [2.24, 2.45) is 0 Å². The number of carbonyl (C=O) groups is 1. The Labute approximate surface area is 163 Å². The summed E-state index contributed by atoms with van der Waals surface area (Å²) in [6.07, 6.45) is 3.28. The van der Waals surface area contributed by atoms with Crippen molar-refractivity contribution in [2.45, 2.75) is 20.4 Å². The smallest absolute Gasteiger partial charge is 0.200 e. The van der Waals surface area contributed by atoms with Crippen LogP contribution in [0.3, 0.4) is 0 Å². The van der Waals surface area contributed by atoms with Gasteiger partial charge in [-0.2, -0.15) is 0 Å². The molecule has 2 aromatic carbocycles. The lowest BCUT2D eigenvalue weighted by molar-refractivity contribution is 0.103. The van der Waals surface area contributed by atoms with Crippen molar-refractivity contribution >= 4 is 16.7 Å². The average Bonchev–Trinajstić information content (AvgIpc) is 2.70. The van der Waals surface area contributed by atoms with Crippen LogP contribution in [-0.4, -0.2) is 15.3 Å². The largest absolute Gasteiger partial charge is 0.342 e. The first-order chi connectivity index (χ1) is 13.5. The zero-order valence-corrected chi connectivity index (χ0v) is 15.8. The summed E-state index contributed by atoms with van der Waals surface area (Å²) in [6, 6.07) is 19.0. The molecule has 0 aliphatic carbocycles. The summed E-state index contributed by atoms with van der Waals surface area (Å²) in [7, 11) is 0. The van der Waals surface area contributed by atoms with E-state index in [4.69, 9.17) is 0 Å². The summed E-state index contributed by atoms with van der Waals surface area (Å²) in [4.78, 5) is 30.3. The topological polar surface area (TPSA) is 52.0 Å². The molecule has 138 valence electrons. The SMILES string of the molecule is Cc1cccc(Cn2cc(C(=O)c3ccnc(C)c3)c(=O)c3ccccc32)c1. The number of carbonyl (C=O) groups excluding carboxylic acids is 1. The van der Waals surface area contributed by atoms with E-state index in [1.165, 1.54) is 5.56 Å². The first kappa shape index (κ1) is 17.9. The Morgan fingerprint density at radius 2 is 1.82 bits per heavy atom. The van der Waals surface area contributed by atoms with Gasteiger partial charge < -0.3 is 4.57 Å². The van der Waals surface area contributed by atoms with Gasteiger partial charge in [-0.1, -0.05) is 42.0 Å². The Balaban J connectivity index is 1.89. The molecule has 4 aromatic rings. The average molecular weight is 368 g/mol. The van der Waals surface area contributed by atoms with Crippen molar-refractivity contribution in [2.75, 3.05) is 0 Å². The second kappa shape index (κ2) is 7.24. The van der Waals surface area contributed by atoms with E-state index >= 15 is 0 Å². The molecule has 0 fully saturated rings. The van der Waals surface area contributed by atoms with E-state index in [0.717, 1.165) is 16.8 Å². The van der Waals surface area contributed by atoms with Gasteiger partial charge >= 0.3 is 0 Å². The van der Waals surface area contributed by atoms with Crippen molar-refractivity contribution in [3.8, 4) is 0 Å². The number of ketones is 1. The molecule has 0 aliphatic heterocycles. The fourth-order valence-corrected chi connectivity index (χ4v) is 3.49. The number of pyridine rings is 2. The summed E-state index contributed by atoms with van der Waals surface area (Å²) < 4.78 is 1.98. The van der Waals surface area contributed by atoms with Gasteiger partial charge in [0.25, 0.3) is 0 Å². The van der Waals surface area contributed by atoms with E-state index in [-0.39, 0.29) is 16.8 Å². The molecule has 0 saturated carbocycles. The lowest BCUT2D eigenvalue weighted by atomic mass is 10.0. The number of nitrogens with zero attached hydrogens (tertiary/aromatic N) is 2. The highest BCUT2D eigenvalue weighted by atomic mass is 16.1. The van der Waals surface area contributed by atoms with Crippen molar-refractivity contribution in [3.63, 3.8) is 0 Å². The Morgan fingerprint density at radius 1 is 1.00 bits per heavy atom. The van der Waals surface area contributed by atoms with Gasteiger partial charge in [0, 0.05) is 35.6 Å². The summed E-state index contributed by atoms with van der Waals surface area (Å²) in [5.41, 5.74) is 4.26. The van der Waals surface area contributed by atoms with Gasteiger partial charge in [-0.15, -0.1) is 0 Å². The minimum atomic E-state index is -0.278. The Bertz CT molecular complexity index is 1250. The minimum absolute atomic E-state index is 0.178. The molecular formula is C24H20N2O2. The van der Waals surface area contributed by atoms with Crippen LogP contribution >= 0.6 is 0 Å². The predicted molar refractivity (Wildman–Crippen MR) is 111 cm³/mol. The number of benzene rings is 2. The third kappa shape index (κ3) is 3.37. The molecule has 4 heteroatoms. The number of aromatic nitrogens is 2. The number of aryl methyl sites for hydroxylation is 2. The number of rotatable bonds is 4. The van der Waals surface area contributed by atoms with Crippen LogP contribution in [0.25, 0.3) is 10.9 Å². The zero-order chi connectivity index (χ0) is 19.7. The van der Waals surface area contributed by atoms with Crippen molar-refractivity contribution in [3.05, 3.63) is 111 Å². The monoisotopic (exact) mass is 368 g/mol. The van der Waals surface area contributed by atoms with Gasteiger partial charge in [-0.05, 0) is 43.7 Å². The second-order valence-electron chi connectivity index (χ2n) is 7.02. The number of para-hydroxylation sites is 1. The molecule has 0 aliphatic rings. The quantitative estimate of drug-likeness (QED) is 0.505. The molecule has 2 heterocycles. The zero-order valence-electron chi connectivity index (χ0n) is 15.8. The Kier molecular flexibility index (Phi) is 4.62. The number of hydrogen-bond donors (Lipinski definition) is 0. The highest BCUT2D eigenvalue weighted by Crippen LogP contribution is 2.17. The Hall–Kier alpha value is -3.53. The van der Waals surface area contributed by atoms with Crippen LogP contribution in [0.5, 0.6) is 0 Å². The van der Waals surface area contributed by atoms with Crippen molar-refractivity contribution < 1.29 is 4.79 Å². The molecule has 0 spiro atoms. The van der Waals surface area contributed by atoms with Gasteiger partial charge in [-0.25, -0.2) is 0 Å². The molecule has 0 saturated heterocycles. The van der Waals surface area contributed by atoms with E-state index in [0.29, 0.717) is 17.5 Å². The van der Waals surface area contributed by atoms with Crippen LogP contribution in [0, 0.1) is 13.8 Å². The van der Waals surface area contributed by atoms with Gasteiger partial charge in [0.05, 0.1) is 11.1 Å². The molecule has 0 unspecified atom stereocenters. The molecule has 4 nitrogen and oxygen atoms in total. The fourth-order valence-electron chi connectivity index (χ4n) is 3.49. The summed E-state index contributed by atoms with van der Waals surface area (Å²) >= 11 is 0. The van der Waals surface area contributed by atoms with Crippen LogP contribution in [0.1, 0.15) is 32.7 Å². The van der Waals surface area contributed by atoms with Gasteiger partial charge in [-0.3, -0.25) is 14.6 Å². The standard InChI is InChI=1S/C24H20N2O2/c1-16-6-5-7-18(12-16)14-26-15-21(23(27)19-10-11-25-17(2)13-19)24(28)20-8-3-4-9-22(20)26/h3-13,15H,14H2,1-2H3. The third-order valence-electron chi connectivity index (χ3n) is 4.83. The summed E-state index contributed by atoms with van der Waals surface area (Å²) in [5.74, 6) is -0.278. The van der Waals surface area contributed by atoms with Crippen LogP contribution < -0.4 is 5.43 Å². The highest BCUT2D eigenvalue weighted by molar-refractivity contribution is 6.10. The van der Waals surface area contributed by atoms with E-state index in [1.54, 1.807) is 30.6 Å². The molecule has 2 aromatic heterocycles. The van der Waals surface area contributed by atoms with E-state index in [1.807, 2.05) is 54.8 Å². The second-order valence-corrected chi connectivity index (χ2v) is 7.02. The minimum Gasteiger partial charge on any atom is -0.342 e. The summed E-state index contributed by atoms with van der Waals surface area (Å²) in [6.45, 7) is 4.46. The number of hydrogen-bond acceptors (Lipinski definition) is 3. The Morgan fingerprint density at radius 3 is 2.61 bits per heavy atom. The van der Waals surface area contributed by atoms with E-state index < -0.39 is 0 Å². The molecular weight excluding hydrogens is 348 g/mol. The van der Waals surface area contributed by atoms with Crippen LogP contribution in [-0.2, 0) is 6.54 Å². The van der Waals surface area contributed by atoms with Crippen LogP contribution in [0.4, 0.5) is 0 Å². The van der Waals surface area contributed by atoms with Crippen LogP contribution in [0.2, 0.25) is 0 Å². The van der Waals surface area contributed by atoms with Crippen molar-refractivity contribution in [1.82, 2.24) is 9.55 Å². The molecule has 0 bridgehead atoms. The number of fused-ring (bicyclic) bond motifs is 1. The molecule has 0 radical (unpaired) electrons. The highest BCUT2D eigenvalue weighted by Gasteiger charge is 2.17. The lowest BCUT2D eigenvalue weighted by Crippen LogP contribution is -2.20. The normalized spacial score (nSPS) is 10.9. The molecule has 0 atom stereocenters. The molecule has 0 N–H and O–H groups in total. The van der Waals surface area contributed by atoms with Crippen LogP contribution in [0.15, 0.2) is 77.9 Å². The molecule has 0 amide bonds. The fraction of sp³-hybridized carbons (Fsp3) is 0.125. The summed E-state index contributed by atoms with van der Waals surface area (Å²) in [5, 5.41) is 0.548. The van der Waals surface area contributed by atoms with Gasteiger partial charge in [0.15, 0.2) is 5.78 Å². The predicted octanol–water partition coefficient (Wildman–Crippen LogP) is 4.29. The van der Waals surface area contributed by atoms with E-state index in [9.17, 15) is 9.59 Å².